The van der Waals surface area contributed by atoms with Crippen molar-refractivity contribution in [3.8, 4) is 11.3 Å². The molecule has 23 heavy (non-hydrogen) atoms. The summed E-state index contributed by atoms with van der Waals surface area (Å²) < 4.78 is 6.68. The van der Waals surface area contributed by atoms with Gasteiger partial charge in [0, 0.05) is 24.0 Å². The zero-order chi connectivity index (χ0) is 16.4. The Hall–Kier alpha value is -2.12. The van der Waals surface area contributed by atoms with Crippen molar-refractivity contribution in [3.05, 3.63) is 44.6 Å². The SMILES string of the molecule is CCN(CC)CCn1c(=O)[nH]c2scc(-c3ccco3)c2c1=O. The lowest BCUT2D eigenvalue weighted by Crippen LogP contribution is -2.39. The van der Waals surface area contributed by atoms with E-state index >= 15 is 0 Å². The van der Waals surface area contributed by atoms with Crippen LogP contribution in [0.15, 0.2) is 37.8 Å². The highest BCUT2D eigenvalue weighted by atomic mass is 32.1. The van der Waals surface area contributed by atoms with Crippen LogP contribution in [-0.2, 0) is 6.54 Å². The number of hydrogen-bond donors (Lipinski definition) is 1. The van der Waals surface area contributed by atoms with Gasteiger partial charge in [0.05, 0.1) is 11.6 Å². The molecular weight excluding hydrogens is 314 g/mol. The lowest BCUT2D eigenvalue weighted by molar-refractivity contribution is 0.287. The molecule has 3 aromatic rings. The molecule has 0 bridgehead atoms. The molecule has 3 aromatic heterocycles. The quantitative estimate of drug-likeness (QED) is 0.752. The van der Waals surface area contributed by atoms with Crippen LogP contribution in [0.1, 0.15) is 13.8 Å². The van der Waals surface area contributed by atoms with Crippen molar-refractivity contribution < 1.29 is 4.42 Å². The van der Waals surface area contributed by atoms with E-state index < -0.39 is 0 Å². The van der Waals surface area contributed by atoms with Gasteiger partial charge in [0.2, 0.25) is 0 Å². The molecule has 6 nitrogen and oxygen atoms in total. The number of nitrogens with zero attached hydrogens (tertiary/aromatic N) is 2. The molecule has 0 aliphatic heterocycles. The number of furan rings is 1. The van der Waals surface area contributed by atoms with E-state index in [0.717, 1.165) is 18.7 Å². The topological polar surface area (TPSA) is 71.2 Å². The second-order valence-electron chi connectivity index (χ2n) is 5.24. The van der Waals surface area contributed by atoms with Crippen molar-refractivity contribution in [2.75, 3.05) is 19.6 Å². The minimum absolute atomic E-state index is 0.261. The third-order valence-corrected chi connectivity index (χ3v) is 4.93. The summed E-state index contributed by atoms with van der Waals surface area (Å²) in [6, 6.07) is 3.59. The molecule has 0 aliphatic carbocycles. The Morgan fingerprint density at radius 2 is 2.09 bits per heavy atom. The predicted molar refractivity (Wildman–Crippen MR) is 92.2 cm³/mol. The molecule has 0 amide bonds. The van der Waals surface area contributed by atoms with E-state index in [9.17, 15) is 9.59 Å². The molecule has 0 saturated heterocycles. The lowest BCUT2D eigenvalue weighted by atomic mass is 10.2. The third kappa shape index (κ3) is 2.89. The van der Waals surface area contributed by atoms with Gasteiger partial charge in [-0.1, -0.05) is 13.8 Å². The Morgan fingerprint density at radius 3 is 2.74 bits per heavy atom. The van der Waals surface area contributed by atoms with E-state index in [0.29, 0.717) is 29.1 Å². The maximum Gasteiger partial charge on any atom is 0.329 e. The Balaban J connectivity index is 2.07. The molecule has 0 aromatic carbocycles. The monoisotopic (exact) mass is 333 g/mol. The lowest BCUT2D eigenvalue weighted by Gasteiger charge is -2.18. The van der Waals surface area contributed by atoms with Crippen LogP contribution in [0.3, 0.4) is 0 Å². The first kappa shape index (κ1) is 15.8. The zero-order valence-electron chi connectivity index (χ0n) is 13.2. The van der Waals surface area contributed by atoms with E-state index in [1.807, 2.05) is 11.4 Å². The van der Waals surface area contributed by atoms with Crippen molar-refractivity contribution in [1.29, 1.82) is 0 Å². The van der Waals surface area contributed by atoms with Crippen LogP contribution < -0.4 is 11.2 Å². The molecule has 3 heterocycles. The first-order chi connectivity index (χ1) is 11.2. The summed E-state index contributed by atoms with van der Waals surface area (Å²) in [5.74, 6) is 0.635. The van der Waals surface area contributed by atoms with E-state index in [4.69, 9.17) is 4.42 Å². The maximum atomic E-state index is 12.8. The normalized spacial score (nSPS) is 11.6. The average molecular weight is 333 g/mol. The van der Waals surface area contributed by atoms with E-state index in [1.165, 1.54) is 15.9 Å². The van der Waals surface area contributed by atoms with Crippen LogP contribution in [0.4, 0.5) is 0 Å². The van der Waals surface area contributed by atoms with Gasteiger partial charge in [-0.05, 0) is 25.2 Å². The molecule has 122 valence electrons. The highest BCUT2D eigenvalue weighted by molar-refractivity contribution is 7.17. The van der Waals surface area contributed by atoms with Crippen LogP contribution in [0.2, 0.25) is 0 Å². The predicted octanol–water partition coefficient (Wildman–Crippen LogP) is 2.35. The Bertz CT molecular complexity index is 901. The van der Waals surface area contributed by atoms with Crippen LogP contribution >= 0.6 is 11.3 Å². The van der Waals surface area contributed by atoms with Gasteiger partial charge in [-0.3, -0.25) is 14.3 Å². The van der Waals surface area contributed by atoms with Gasteiger partial charge in [-0.25, -0.2) is 4.79 Å². The Morgan fingerprint density at radius 1 is 1.30 bits per heavy atom. The number of thiophene rings is 1. The van der Waals surface area contributed by atoms with Crippen molar-refractivity contribution >= 4 is 21.6 Å². The Labute approximate surface area is 137 Å². The second kappa shape index (κ2) is 6.55. The summed E-state index contributed by atoms with van der Waals surface area (Å²) in [5, 5.41) is 2.36. The Kier molecular flexibility index (Phi) is 4.49. The first-order valence-electron chi connectivity index (χ1n) is 7.66. The summed E-state index contributed by atoms with van der Waals surface area (Å²) in [6.07, 6.45) is 1.57. The number of nitrogens with one attached hydrogen (secondary N) is 1. The minimum Gasteiger partial charge on any atom is -0.464 e. The van der Waals surface area contributed by atoms with Crippen molar-refractivity contribution in [1.82, 2.24) is 14.5 Å². The summed E-state index contributed by atoms with van der Waals surface area (Å²) in [4.78, 5) is 30.6. The largest absolute Gasteiger partial charge is 0.464 e. The maximum absolute atomic E-state index is 12.8. The van der Waals surface area contributed by atoms with Gasteiger partial charge in [0.25, 0.3) is 5.56 Å². The molecule has 0 fully saturated rings. The summed E-state index contributed by atoms with van der Waals surface area (Å²) >= 11 is 1.34. The van der Waals surface area contributed by atoms with Crippen LogP contribution in [0.25, 0.3) is 21.5 Å². The fraction of sp³-hybridized carbons (Fsp3) is 0.375. The smallest absolute Gasteiger partial charge is 0.329 e. The molecule has 0 aliphatic rings. The van der Waals surface area contributed by atoms with E-state index in [1.54, 1.807) is 12.3 Å². The van der Waals surface area contributed by atoms with Crippen LogP contribution in [0, 0.1) is 0 Å². The van der Waals surface area contributed by atoms with Crippen molar-refractivity contribution in [3.63, 3.8) is 0 Å². The second-order valence-corrected chi connectivity index (χ2v) is 6.12. The van der Waals surface area contributed by atoms with E-state index in [-0.39, 0.29) is 11.2 Å². The van der Waals surface area contributed by atoms with Crippen LogP contribution in [0.5, 0.6) is 0 Å². The van der Waals surface area contributed by atoms with Gasteiger partial charge in [0.1, 0.15) is 10.6 Å². The third-order valence-electron chi connectivity index (χ3n) is 4.04. The minimum atomic E-state index is -0.359. The van der Waals surface area contributed by atoms with E-state index in [2.05, 4.69) is 23.7 Å². The fourth-order valence-electron chi connectivity index (χ4n) is 2.65. The summed E-state index contributed by atoms with van der Waals surface area (Å²) in [6.45, 7) is 6.95. The molecule has 0 saturated carbocycles. The number of aromatic nitrogens is 2. The molecule has 3 rings (SSSR count). The fourth-order valence-corrected chi connectivity index (χ4v) is 3.58. The highest BCUT2D eigenvalue weighted by Gasteiger charge is 2.16. The molecule has 1 N–H and O–H groups in total. The number of hydrogen-bond acceptors (Lipinski definition) is 5. The molecule has 0 atom stereocenters. The molecular formula is C16H19N3O3S. The molecule has 0 radical (unpaired) electrons. The first-order valence-corrected chi connectivity index (χ1v) is 8.54. The van der Waals surface area contributed by atoms with Gasteiger partial charge in [-0.2, -0.15) is 0 Å². The number of aromatic amines is 1. The van der Waals surface area contributed by atoms with Gasteiger partial charge in [0.15, 0.2) is 0 Å². The van der Waals surface area contributed by atoms with Crippen molar-refractivity contribution in [2.45, 2.75) is 20.4 Å². The van der Waals surface area contributed by atoms with Gasteiger partial charge >= 0.3 is 5.69 Å². The zero-order valence-corrected chi connectivity index (χ0v) is 14.0. The van der Waals surface area contributed by atoms with Crippen molar-refractivity contribution in [2.24, 2.45) is 0 Å². The number of rotatable bonds is 6. The van der Waals surface area contributed by atoms with Crippen LogP contribution in [-0.4, -0.2) is 34.1 Å². The number of H-pyrrole nitrogens is 1. The number of fused-ring (bicyclic) bond motifs is 1. The number of likely N-dealkylation sites (N-methyl/N-ethyl adjacent to an activating group) is 1. The van der Waals surface area contributed by atoms with Gasteiger partial charge in [-0.15, -0.1) is 11.3 Å². The summed E-state index contributed by atoms with van der Waals surface area (Å²) in [5.41, 5.74) is 0.110. The highest BCUT2D eigenvalue weighted by Crippen LogP contribution is 2.30. The molecule has 0 spiro atoms. The standard InChI is InChI=1S/C16H19N3O3S/c1-3-18(4-2)7-8-19-15(20)13-11(12-6-5-9-22-12)10-23-14(13)17-16(19)21/h5-6,9-10H,3-4,7-8H2,1-2H3,(H,17,21). The van der Waals surface area contributed by atoms with Gasteiger partial charge < -0.3 is 9.32 Å². The average Bonchev–Trinajstić information content (AvgIpc) is 3.19. The molecule has 7 heteroatoms. The molecule has 0 unspecified atom stereocenters. The summed E-state index contributed by atoms with van der Waals surface area (Å²) in [7, 11) is 0.